The van der Waals surface area contributed by atoms with Gasteiger partial charge >= 0.3 is 0 Å². The number of hydrogen-bond donors (Lipinski definition) is 0. The van der Waals surface area contributed by atoms with E-state index in [2.05, 4.69) is 10.1 Å². The highest BCUT2D eigenvalue weighted by Gasteiger charge is 2.14. The zero-order valence-electron chi connectivity index (χ0n) is 14.6. The lowest BCUT2D eigenvalue weighted by molar-refractivity contribution is -0.384. The summed E-state index contributed by atoms with van der Waals surface area (Å²) >= 11 is 1.23. The predicted octanol–water partition coefficient (Wildman–Crippen LogP) is 2.66. The molecule has 10 heteroatoms. The highest BCUT2D eigenvalue weighted by Crippen LogP contribution is 2.19. The zero-order chi connectivity index (χ0) is 20.0. The van der Waals surface area contributed by atoms with Gasteiger partial charge in [0.05, 0.1) is 11.2 Å². The highest BCUT2D eigenvalue weighted by atomic mass is 32.1. The first kappa shape index (κ1) is 17.1. The number of non-ortho nitro benzene ring substituents is 1. The lowest BCUT2D eigenvalue weighted by atomic mass is 10.2. The molecule has 0 fully saturated rings. The van der Waals surface area contributed by atoms with Crippen molar-refractivity contribution in [2.75, 3.05) is 0 Å². The van der Waals surface area contributed by atoms with E-state index in [4.69, 9.17) is 4.42 Å². The first-order chi connectivity index (χ1) is 14.1. The van der Waals surface area contributed by atoms with Gasteiger partial charge in [-0.1, -0.05) is 11.3 Å². The number of benzene rings is 1. The minimum atomic E-state index is -0.443. The van der Waals surface area contributed by atoms with Crippen LogP contribution in [0.1, 0.15) is 5.69 Å². The van der Waals surface area contributed by atoms with E-state index in [0.29, 0.717) is 21.1 Å². The van der Waals surface area contributed by atoms with E-state index in [1.807, 2.05) is 22.9 Å². The fraction of sp³-hybridized carbons (Fsp3) is 0. The molecule has 0 spiro atoms. The van der Waals surface area contributed by atoms with Gasteiger partial charge in [-0.3, -0.25) is 14.9 Å². The summed E-state index contributed by atoms with van der Waals surface area (Å²) in [5, 5.41) is 15.1. The number of nitro groups is 1. The molecule has 0 saturated heterocycles. The normalized spacial score (nSPS) is 12.1. The number of hydrogen-bond acceptors (Lipinski definition) is 7. The van der Waals surface area contributed by atoms with Gasteiger partial charge in [-0.25, -0.2) is 0 Å². The van der Waals surface area contributed by atoms with E-state index in [1.165, 1.54) is 34.2 Å². The maximum Gasteiger partial charge on any atom is 0.291 e. The molecule has 0 aliphatic heterocycles. The molecule has 0 unspecified atom stereocenters. The minimum Gasteiger partial charge on any atom is -0.461 e. The monoisotopic (exact) mass is 405 g/mol. The second kappa shape index (κ2) is 6.53. The smallest absolute Gasteiger partial charge is 0.291 e. The molecule has 0 saturated carbocycles. The van der Waals surface area contributed by atoms with Gasteiger partial charge in [0.25, 0.3) is 11.2 Å². The standard InChI is InChI=1S/C19H11N5O4S/c25-18-16(29-19-20-17(21-23(18)19)15-4-2-10-28-15)11-14-3-1-9-22(14)12-5-7-13(8-6-12)24(26)27/h1-11H/b16-11-. The Hall–Kier alpha value is -4.05. The summed E-state index contributed by atoms with van der Waals surface area (Å²) < 4.78 is 8.85. The van der Waals surface area contributed by atoms with Crippen molar-refractivity contribution in [3.8, 4) is 17.3 Å². The number of thiazole rings is 1. The molecule has 0 aliphatic rings. The van der Waals surface area contributed by atoms with E-state index in [0.717, 1.165) is 11.4 Å². The summed E-state index contributed by atoms with van der Waals surface area (Å²) in [6.45, 7) is 0. The van der Waals surface area contributed by atoms with Crippen LogP contribution in [0.2, 0.25) is 0 Å². The number of nitrogens with zero attached hydrogens (tertiary/aromatic N) is 5. The van der Waals surface area contributed by atoms with Gasteiger partial charge in [-0.05, 0) is 42.5 Å². The molecule has 0 amide bonds. The summed E-state index contributed by atoms with van der Waals surface area (Å²) in [6.07, 6.45) is 5.09. The van der Waals surface area contributed by atoms with E-state index >= 15 is 0 Å². The third-order valence-electron chi connectivity index (χ3n) is 4.32. The van der Waals surface area contributed by atoms with Gasteiger partial charge in [-0.15, -0.1) is 5.10 Å². The van der Waals surface area contributed by atoms with Crippen molar-refractivity contribution < 1.29 is 9.34 Å². The maximum absolute atomic E-state index is 12.7. The average molecular weight is 405 g/mol. The van der Waals surface area contributed by atoms with Crippen LogP contribution in [0.5, 0.6) is 0 Å². The Morgan fingerprint density at radius 1 is 1.14 bits per heavy atom. The number of rotatable bonds is 4. The van der Waals surface area contributed by atoms with E-state index in [1.54, 1.807) is 30.3 Å². The molecule has 0 N–H and O–H groups in total. The first-order valence-corrected chi connectivity index (χ1v) is 9.29. The van der Waals surface area contributed by atoms with Crippen LogP contribution in [0, 0.1) is 10.1 Å². The van der Waals surface area contributed by atoms with Crippen molar-refractivity contribution in [1.82, 2.24) is 19.2 Å². The van der Waals surface area contributed by atoms with Crippen molar-refractivity contribution in [2.24, 2.45) is 0 Å². The van der Waals surface area contributed by atoms with Crippen LogP contribution in [0.4, 0.5) is 5.69 Å². The Balaban J connectivity index is 1.56. The van der Waals surface area contributed by atoms with Gasteiger partial charge in [0.15, 0.2) is 5.76 Å². The summed E-state index contributed by atoms with van der Waals surface area (Å²) in [7, 11) is 0. The quantitative estimate of drug-likeness (QED) is 0.336. The lowest BCUT2D eigenvalue weighted by Gasteiger charge is -2.05. The first-order valence-electron chi connectivity index (χ1n) is 8.47. The largest absolute Gasteiger partial charge is 0.461 e. The van der Waals surface area contributed by atoms with E-state index < -0.39 is 4.92 Å². The molecule has 9 nitrogen and oxygen atoms in total. The number of aromatic nitrogens is 4. The van der Waals surface area contributed by atoms with Crippen LogP contribution < -0.4 is 10.1 Å². The molecule has 0 aliphatic carbocycles. The van der Waals surface area contributed by atoms with Crippen LogP contribution in [0.25, 0.3) is 28.3 Å². The van der Waals surface area contributed by atoms with Crippen LogP contribution >= 0.6 is 11.3 Å². The Bertz CT molecular complexity index is 1440. The third-order valence-corrected chi connectivity index (χ3v) is 5.28. The Labute approximate surface area is 165 Å². The Morgan fingerprint density at radius 2 is 1.97 bits per heavy atom. The maximum atomic E-state index is 12.7. The molecule has 1 aromatic carbocycles. The number of fused-ring (bicyclic) bond motifs is 1. The van der Waals surface area contributed by atoms with Gasteiger partial charge < -0.3 is 8.98 Å². The van der Waals surface area contributed by atoms with Crippen LogP contribution in [0.3, 0.4) is 0 Å². The van der Waals surface area contributed by atoms with Crippen molar-refractivity contribution in [1.29, 1.82) is 0 Å². The molecular weight excluding hydrogens is 394 g/mol. The molecule has 0 radical (unpaired) electrons. The molecule has 4 aromatic heterocycles. The SMILES string of the molecule is O=c1/c(=C/c2cccn2-c2ccc([N+](=O)[O-])cc2)sc2nc(-c3ccco3)nn12. The van der Waals surface area contributed by atoms with Gasteiger partial charge in [0, 0.05) is 29.7 Å². The fourth-order valence-corrected chi connectivity index (χ4v) is 3.85. The predicted molar refractivity (Wildman–Crippen MR) is 106 cm³/mol. The van der Waals surface area contributed by atoms with E-state index in [-0.39, 0.29) is 11.2 Å². The Morgan fingerprint density at radius 3 is 2.66 bits per heavy atom. The second-order valence-electron chi connectivity index (χ2n) is 6.10. The summed E-state index contributed by atoms with van der Waals surface area (Å²) in [5.74, 6) is 0.858. The topological polar surface area (TPSA) is 108 Å². The van der Waals surface area contributed by atoms with Gasteiger partial charge in [0.2, 0.25) is 10.8 Å². The van der Waals surface area contributed by atoms with Crippen LogP contribution in [-0.4, -0.2) is 24.1 Å². The number of furan rings is 1. The molecule has 0 bridgehead atoms. The van der Waals surface area contributed by atoms with Gasteiger partial charge in [0.1, 0.15) is 4.53 Å². The van der Waals surface area contributed by atoms with Crippen molar-refractivity contribution >= 4 is 28.1 Å². The van der Waals surface area contributed by atoms with Crippen molar-refractivity contribution in [2.45, 2.75) is 0 Å². The summed E-state index contributed by atoms with van der Waals surface area (Å²) in [4.78, 5) is 28.0. The number of nitro benzene ring substituents is 1. The highest BCUT2D eigenvalue weighted by molar-refractivity contribution is 7.15. The third kappa shape index (κ3) is 2.91. The lowest BCUT2D eigenvalue weighted by Crippen LogP contribution is -2.24. The van der Waals surface area contributed by atoms with Crippen molar-refractivity contribution in [3.63, 3.8) is 0 Å². The summed E-state index contributed by atoms with van der Waals surface area (Å²) in [5.41, 5.74) is 1.25. The molecule has 5 aromatic rings. The van der Waals surface area contributed by atoms with Gasteiger partial charge in [-0.2, -0.15) is 9.50 Å². The average Bonchev–Trinajstić information content (AvgIpc) is 3.49. The van der Waals surface area contributed by atoms with Crippen molar-refractivity contribution in [3.05, 3.63) is 91.7 Å². The molecule has 0 atom stereocenters. The zero-order valence-corrected chi connectivity index (χ0v) is 15.4. The molecule has 142 valence electrons. The second-order valence-corrected chi connectivity index (χ2v) is 7.11. The van der Waals surface area contributed by atoms with Crippen LogP contribution in [0.15, 0.2) is 70.2 Å². The van der Waals surface area contributed by atoms with Crippen LogP contribution in [-0.2, 0) is 0 Å². The minimum absolute atomic E-state index is 0.0196. The molecular formula is C19H11N5O4S. The fourth-order valence-electron chi connectivity index (χ4n) is 2.96. The summed E-state index contributed by atoms with van der Waals surface area (Å²) in [6, 6.07) is 13.4. The Kier molecular flexibility index (Phi) is 3.85. The molecule has 29 heavy (non-hydrogen) atoms. The molecule has 5 rings (SSSR count). The molecule has 4 heterocycles. The van der Waals surface area contributed by atoms with E-state index in [9.17, 15) is 14.9 Å².